The van der Waals surface area contributed by atoms with Crippen molar-refractivity contribution in [3.05, 3.63) is 28.7 Å². The molecule has 1 aliphatic heterocycles. The van der Waals surface area contributed by atoms with E-state index < -0.39 is 0 Å². The van der Waals surface area contributed by atoms with Crippen LogP contribution >= 0.6 is 28.3 Å². The molecule has 2 rings (SSSR count). The zero-order chi connectivity index (χ0) is 15.8. The fourth-order valence-electron chi connectivity index (χ4n) is 2.71. The van der Waals surface area contributed by atoms with Crippen molar-refractivity contribution in [3.63, 3.8) is 0 Å². The molecule has 1 aliphatic rings. The summed E-state index contributed by atoms with van der Waals surface area (Å²) in [5.41, 5.74) is 0. The van der Waals surface area contributed by atoms with Gasteiger partial charge in [-0.2, -0.15) is 0 Å². The molecule has 0 radical (unpaired) electrons. The van der Waals surface area contributed by atoms with Crippen molar-refractivity contribution in [2.24, 2.45) is 5.92 Å². The topological polar surface area (TPSA) is 41.6 Å². The molecule has 1 aromatic carbocycles. The van der Waals surface area contributed by atoms with Gasteiger partial charge in [-0.15, -0.1) is 12.4 Å². The molecule has 4 nitrogen and oxygen atoms in total. The number of nitrogens with one attached hydrogen (secondary N) is 1. The van der Waals surface area contributed by atoms with Crippen molar-refractivity contribution in [1.82, 2.24) is 10.2 Å². The van der Waals surface area contributed by atoms with Crippen LogP contribution in [0.15, 0.2) is 28.7 Å². The van der Waals surface area contributed by atoms with Crippen LogP contribution in [0.1, 0.15) is 26.2 Å². The average Bonchev–Trinajstić information content (AvgIpc) is 3.04. The number of ether oxygens (including phenoxy) is 1. The second kappa shape index (κ2) is 10.9. The molecule has 0 aromatic heterocycles. The summed E-state index contributed by atoms with van der Waals surface area (Å²) in [6, 6.07) is 7.76. The predicted molar refractivity (Wildman–Crippen MR) is 99.3 cm³/mol. The number of likely N-dealkylation sites (N-methyl/N-ethyl adjacent to an activating group) is 1. The molecule has 1 atom stereocenters. The van der Waals surface area contributed by atoms with E-state index in [4.69, 9.17) is 4.74 Å². The molecule has 1 unspecified atom stereocenters. The Morgan fingerprint density at radius 3 is 2.74 bits per heavy atom. The maximum Gasteiger partial charge on any atom is 0.222 e. The molecule has 1 saturated heterocycles. The van der Waals surface area contributed by atoms with Crippen LogP contribution in [0.2, 0.25) is 0 Å². The fraction of sp³-hybridized carbons (Fsp3) is 0.588. The van der Waals surface area contributed by atoms with Gasteiger partial charge in [-0.3, -0.25) is 4.79 Å². The molecule has 1 aromatic rings. The van der Waals surface area contributed by atoms with Gasteiger partial charge in [0.05, 0.1) is 6.54 Å². The molecule has 0 aliphatic carbocycles. The Hall–Kier alpha value is -0.780. The lowest BCUT2D eigenvalue weighted by atomic mass is 10.0. The normalized spacial score (nSPS) is 16.7. The highest BCUT2D eigenvalue weighted by molar-refractivity contribution is 9.10. The molecule has 1 N–H and O–H groups in total. The first kappa shape index (κ1) is 20.3. The summed E-state index contributed by atoms with van der Waals surface area (Å²) >= 11 is 3.40. The van der Waals surface area contributed by atoms with Crippen LogP contribution in [0.5, 0.6) is 5.75 Å². The lowest BCUT2D eigenvalue weighted by molar-refractivity contribution is -0.131. The molecule has 1 amide bonds. The molecule has 0 saturated carbocycles. The third-order valence-electron chi connectivity index (χ3n) is 4.11. The summed E-state index contributed by atoms with van der Waals surface area (Å²) < 4.78 is 6.73. The van der Waals surface area contributed by atoms with E-state index in [1.165, 1.54) is 6.42 Å². The van der Waals surface area contributed by atoms with Gasteiger partial charge in [-0.25, -0.2) is 0 Å². The van der Waals surface area contributed by atoms with Gasteiger partial charge in [-0.1, -0.05) is 15.9 Å². The molecule has 0 bridgehead atoms. The molecular formula is C17H26BrClN2O2. The van der Waals surface area contributed by atoms with Crippen molar-refractivity contribution in [2.45, 2.75) is 26.2 Å². The molecule has 1 heterocycles. The Labute approximate surface area is 153 Å². The first-order valence-electron chi connectivity index (χ1n) is 8.06. The van der Waals surface area contributed by atoms with E-state index in [9.17, 15) is 4.79 Å². The van der Waals surface area contributed by atoms with Crippen LogP contribution in [0, 0.1) is 5.92 Å². The van der Waals surface area contributed by atoms with Crippen LogP contribution < -0.4 is 10.1 Å². The van der Waals surface area contributed by atoms with Crippen molar-refractivity contribution in [2.75, 3.05) is 32.8 Å². The standard InChI is InChI=1S/C17H25BrN2O2.ClH/c1-2-20(17(21)8-3-14-9-10-19-13-14)11-12-22-16-6-4-15(18)5-7-16;/h4-7,14,19H,2-3,8-13H2,1H3;1H. The minimum atomic E-state index is 0. The van der Waals surface area contributed by atoms with Crippen LogP contribution in [-0.4, -0.2) is 43.6 Å². The minimum Gasteiger partial charge on any atom is -0.492 e. The number of hydrogen-bond donors (Lipinski definition) is 1. The van der Waals surface area contributed by atoms with Crippen molar-refractivity contribution in [1.29, 1.82) is 0 Å². The molecule has 23 heavy (non-hydrogen) atoms. The van der Waals surface area contributed by atoms with Gasteiger partial charge in [0.15, 0.2) is 0 Å². The highest BCUT2D eigenvalue weighted by atomic mass is 79.9. The largest absolute Gasteiger partial charge is 0.492 e. The van der Waals surface area contributed by atoms with Crippen LogP contribution in [0.3, 0.4) is 0 Å². The zero-order valence-corrected chi connectivity index (χ0v) is 16.0. The number of carbonyl (C=O) groups is 1. The number of hydrogen-bond acceptors (Lipinski definition) is 3. The predicted octanol–water partition coefficient (Wildman–Crippen LogP) is 3.49. The summed E-state index contributed by atoms with van der Waals surface area (Å²) in [5.74, 6) is 1.75. The van der Waals surface area contributed by atoms with Gasteiger partial charge >= 0.3 is 0 Å². The summed E-state index contributed by atoms with van der Waals surface area (Å²) in [7, 11) is 0. The molecule has 1 fully saturated rings. The van der Waals surface area contributed by atoms with Crippen molar-refractivity contribution < 1.29 is 9.53 Å². The quantitative estimate of drug-likeness (QED) is 0.720. The number of carbonyl (C=O) groups excluding carboxylic acids is 1. The third kappa shape index (κ3) is 7.10. The first-order chi connectivity index (χ1) is 10.7. The van der Waals surface area contributed by atoms with Crippen molar-refractivity contribution >= 4 is 34.2 Å². The summed E-state index contributed by atoms with van der Waals surface area (Å²) in [4.78, 5) is 14.2. The number of amides is 1. The van der Waals surface area contributed by atoms with E-state index >= 15 is 0 Å². The second-order valence-electron chi connectivity index (χ2n) is 5.67. The number of halogens is 2. The summed E-state index contributed by atoms with van der Waals surface area (Å²) in [6.45, 7) is 6.10. The molecular weight excluding hydrogens is 380 g/mol. The average molecular weight is 406 g/mol. The number of rotatable bonds is 8. The smallest absolute Gasteiger partial charge is 0.222 e. The monoisotopic (exact) mass is 404 g/mol. The van der Waals surface area contributed by atoms with Gasteiger partial charge in [-0.05, 0) is 63.0 Å². The summed E-state index contributed by atoms with van der Waals surface area (Å²) in [5, 5.41) is 3.35. The maximum absolute atomic E-state index is 12.3. The van der Waals surface area contributed by atoms with E-state index in [1.54, 1.807) is 0 Å². The molecule has 130 valence electrons. The molecule has 0 spiro atoms. The van der Waals surface area contributed by atoms with E-state index in [0.29, 0.717) is 25.5 Å². The van der Waals surface area contributed by atoms with Crippen LogP contribution in [0.4, 0.5) is 0 Å². The first-order valence-corrected chi connectivity index (χ1v) is 8.85. The third-order valence-corrected chi connectivity index (χ3v) is 4.64. The SMILES string of the molecule is CCN(CCOc1ccc(Br)cc1)C(=O)CCC1CCNC1.Cl. The van der Waals surface area contributed by atoms with Gasteiger partial charge in [0.25, 0.3) is 0 Å². The lowest BCUT2D eigenvalue weighted by Crippen LogP contribution is -2.34. The van der Waals surface area contributed by atoms with E-state index in [0.717, 1.165) is 36.3 Å². The Morgan fingerprint density at radius 1 is 1.39 bits per heavy atom. The highest BCUT2D eigenvalue weighted by Crippen LogP contribution is 2.17. The summed E-state index contributed by atoms with van der Waals surface area (Å²) in [6.07, 6.45) is 2.85. The Kier molecular flexibility index (Phi) is 9.60. The Morgan fingerprint density at radius 2 is 2.13 bits per heavy atom. The van der Waals surface area contributed by atoms with Gasteiger partial charge < -0.3 is 15.0 Å². The second-order valence-corrected chi connectivity index (χ2v) is 6.59. The Balaban J connectivity index is 0.00000264. The fourth-order valence-corrected chi connectivity index (χ4v) is 2.97. The van der Waals surface area contributed by atoms with Crippen molar-refractivity contribution in [3.8, 4) is 5.75 Å². The van der Waals surface area contributed by atoms with E-state index in [-0.39, 0.29) is 18.3 Å². The van der Waals surface area contributed by atoms with Gasteiger partial charge in [0.1, 0.15) is 12.4 Å². The molecule has 6 heteroatoms. The van der Waals surface area contributed by atoms with E-state index in [1.807, 2.05) is 36.1 Å². The van der Waals surface area contributed by atoms with Gasteiger partial charge in [0.2, 0.25) is 5.91 Å². The zero-order valence-electron chi connectivity index (χ0n) is 13.6. The minimum absolute atomic E-state index is 0. The number of nitrogens with zero attached hydrogens (tertiary/aromatic N) is 1. The number of benzene rings is 1. The van der Waals surface area contributed by atoms with Crippen LogP contribution in [0.25, 0.3) is 0 Å². The maximum atomic E-state index is 12.3. The van der Waals surface area contributed by atoms with Gasteiger partial charge in [0, 0.05) is 17.4 Å². The van der Waals surface area contributed by atoms with E-state index in [2.05, 4.69) is 21.2 Å². The highest BCUT2D eigenvalue weighted by Gasteiger charge is 2.18. The lowest BCUT2D eigenvalue weighted by Gasteiger charge is -2.21. The Bertz CT molecular complexity index is 464. The van der Waals surface area contributed by atoms with Crippen LogP contribution in [-0.2, 0) is 4.79 Å².